The summed E-state index contributed by atoms with van der Waals surface area (Å²) in [5, 5.41) is 10.0. The molecule has 1 aromatic carbocycles. The number of benzene rings is 1. The van der Waals surface area contributed by atoms with Gasteiger partial charge in [-0.25, -0.2) is 4.79 Å². The summed E-state index contributed by atoms with van der Waals surface area (Å²) in [6.45, 7) is 5.34. The van der Waals surface area contributed by atoms with E-state index in [1.54, 1.807) is 12.1 Å². The Morgan fingerprint density at radius 2 is 2.17 bits per heavy atom. The molecule has 1 N–H and O–H groups in total. The van der Waals surface area contributed by atoms with Gasteiger partial charge >= 0.3 is 5.97 Å². The first-order valence-electron chi connectivity index (χ1n) is 6.01. The lowest BCUT2D eigenvalue weighted by atomic mass is 10.2. The van der Waals surface area contributed by atoms with E-state index in [-0.39, 0.29) is 6.10 Å². The van der Waals surface area contributed by atoms with Gasteiger partial charge in [-0.15, -0.1) is 0 Å². The molecule has 1 heterocycles. The van der Waals surface area contributed by atoms with Gasteiger partial charge in [-0.3, -0.25) is 0 Å². The number of hydrogen-bond acceptors (Lipinski definition) is 2. The molecule has 96 valence electrons. The van der Waals surface area contributed by atoms with Crippen molar-refractivity contribution >= 4 is 16.9 Å². The fraction of sp³-hybridized carbons (Fsp3) is 0.357. The molecule has 0 aliphatic heterocycles. The summed E-state index contributed by atoms with van der Waals surface area (Å²) in [5.74, 6) is -0.900. The highest BCUT2D eigenvalue weighted by Crippen LogP contribution is 2.17. The van der Waals surface area contributed by atoms with Crippen LogP contribution < -0.4 is 0 Å². The maximum atomic E-state index is 10.9. The van der Waals surface area contributed by atoms with Gasteiger partial charge in [0.1, 0.15) is 0 Å². The summed E-state index contributed by atoms with van der Waals surface area (Å²) in [6.07, 6.45) is 2.17. The van der Waals surface area contributed by atoms with Crippen LogP contribution in [0.1, 0.15) is 24.2 Å². The molecule has 0 spiro atoms. The number of nitrogens with zero attached hydrogens (tertiary/aromatic N) is 1. The fourth-order valence-corrected chi connectivity index (χ4v) is 1.90. The molecule has 4 nitrogen and oxygen atoms in total. The molecule has 0 saturated carbocycles. The summed E-state index contributed by atoms with van der Waals surface area (Å²) in [4.78, 5) is 10.9. The highest BCUT2D eigenvalue weighted by atomic mass is 16.5. The molecule has 0 atom stereocenters. The molecule has 0 radical (unpaired) electrons. The predicted molar refractivity (Wildman–Crippen MR) is 70.0 cm³/mol. The van der Waals surface area contributed by atoms with Crippen LogP contribution in [0.5, 0.6) is 0 Å². The Labute approximate surface area is 106 Å². The molecular formula is C14H17NO3. The molecule has 0 saturated heterocycles. The van der Waals surface area contributed by atoms with E-state index in [1.807, 2.05) is 36.7 Å². The summed E-state index contributed by atoms with van der Waals surface area (Å²) < 4.78 is 7.52. The van der Waals surface area contributed by atoms with E-state index in [9.17, 15) is 4.79 Å². The lowest BCUT2D eigenvalue weighted by Gasteiger charge is -2.09. The van der Waals surface area contributed by atoms with Crippen LogP contribution in [0.3, 0.4) is 0 Å². The van der Waals surface area contributed by atoms with Crippen molar-refractivity contribution in [2.24, 2.45) is 0 Å². The van der Waals surface area contributed by atoms with Crippen molar-refractivity contribution in [3.63, 3.8) is 0 Å². The van der Waals surface area contributed by atoms with Gasteiger partial charge in [0.15, 0.2) is 0 Å². The molecule has 4 heteroatoms. The molecule has 0 bridgehead atoms. The van der Waals surface area contributed by atoms with Crippen LogP contribution in [0, 0.1) is 0 Å². The SMILES string of the molecule is CC(C)OCCn1ccc2ccc(C(=O)O)cc21. The van der Waals surface area contributed by atoms with E-state index in [0.29, 0.717) is 12.2 Å². The van der Waals surface area contributed by atoms with Gasteiger partial charge in [-0.05, 0) is 37.4 Å². The van der Waals surface area contributed by atoms with Gasteiger partial charge in [-0.1, -0.05) is 6.07 Å². The quantitative estimate of drug-likeness (QED) is 0.883. The van der Waals surface area contributed by atoms with Crippen LogP contribution in [0.4, 0.5) is 0 Å². The van der Waals surface area contributed by atoms with Crippen molar-refractivity contribution < 1.29 is 14.6 Å². The van der Waals surface area contributed by atoms with Crippen molar-refractivity contribution in [1.29, 1.82) is 0 Å². The summed E-state index contributed by atoms with van der Waals surface area (Å²) in [7, 11) is 0. The molecule has 18 heavy (non-hydrogen) atoms. The lowest BCUT2D eigenvalue weighted by molar-refractivity contribution is 0.0697. The lowest BCUT2D eigenvalue weighted by Crippen LogP contribution is -2.10. The Balaban J connectivity index is 2.22. The van der Waals surface area contributed by atoms with Gasteiger partial charge in [0, 0.05) is 18.3 Å². The van der Waals surface area contributed by atoms with E-state index in [4.69, 9.17) is 9.84 Å². The Hall–Kier alpha value is -1.81. The second-order valence-corrected chi connectivity index (χ2v) is 4.51. The Bertz CT molecular complexity index is 557. The Morgan fingerprint density at radius 1 is 1.39 bits per heavy atom. The van der Waals surface area contributed by atoms with Gasteiger partial charge in [0.25, 0.3) is 0 Å². The van der Waals surface area contributed by atoms with Crippen molar-refractivity contribution in [2.75, 3.05) is 6.61 Å². The van der Waals surface area contributed by atoms with Gasteiger partial charge < -0.3 is 14.4 Å². The van der Waals surface area contributed by atoms with E-state index in [1.165, 1.54) is 0 Å². The standard InChI is InChI=1S/C14H17NO3/c1-10(2)18-8-7-15-6-5-11-3-4-12(14(16)17)9-13(11)15/h3-6,9-10H,7-8H2,1-2H3,(H,16,17). The molecule has 2 aromatic rings. The minimum absolute atomic E-state index is 0.210. The zero-order valence-electron chi connectivity index (χ0n) is 10.6. The van der Waals surface area contributed by atoms with Crippen LogP contribution in [-0.4, -0.2) is 28.4 Å². The number of carboxylic acid groups (broad SMARTS) is 1. The monoisotopic (exact) mass is 247 g/mol. The van der Waals surface area contributed by atoms with E-state index < -0.39 is 5.97 Å². The number of rotatable bonds is 5. The van der Waals surface area contributed by atoms with Crippen LogP contribution >= 0.6 is 0 Å². The highest BCUT2D eigenvalue weighted by molar-refractivity contribution is 5.93. The second-order valence-electron chi connectivity index (χ2n) is 4.51. The number of hydrogen-bond donors (Lipinski definition) is 1. The number of aromatic carboxylic acids is 1. The van der Waals surface area contributed by atoms with E-state index in [0.717, 1.165) is 17.4 Å². The van der Waals surface area contributed by atoms with Crippen molar-refractivity contribution in [2.45, 2.75) is 26.5 Å². The molecular weight excluding hydrogens is 230 g/mol. The van der Waals surface area contributed by atoms with Gasteiger partial charge in [0.2, 0.25) is 0 Å². The first kappa shape index (κ1) is 12.6. The van der Waals surface area contributed by atoms with Crippen LogP contribution in [0.15, 0.2) is 30.5 Å². The average molecular weight is 247 g/mol. The molecule has 0 aliphatic rings. The van der Waals surface area contributed by atoms with Crippen LogP contribution in [0.2, 0.25) is 0 Å². The number of fused-ring (bicyclic) bond motifs is 1. The highest BCUT2D eigenvalue weighted by Gasteiger charge is 2.07. The number of ether oxygens (including phenoxy) is 1. The number of carboxylic acids is 1. The molecule has 0 aliphatic carbocycles. The Kier molecular flexibility index (Phi) is 3.67. The third-order valence-electron chi connectivity index (χ3n) is 2.80. The van der Waals surface area contributed by atoms with E-state index >= 15 is 0 Å². The van der Waals surface area contributed by atoms with Crippen molar-refractivity contribution in [3.8, 4) is 0 Å². The zero-order valence-corrected chi connectivity index (χ0v) is 10.6. The van der Waals surface area contributed by atoms with E-state index in [2.05, 4.69) is 0 Å². The first-order valence-corrected chi connectivity index (χ1v) is 6.01. The molecule has 0 fully saturated rings. The number of aromatic nitrogens is 1. The maximum Gasteiger partial charge on any atom is 0.335 e. The summed E-state index contributed by atoms with van der Waals surface area (Å²) in [5.41, 5.74) is 1.24. The summed E-state index contributed by atoms with van der Waals surface area (Å²) >= 11 is 0. The third-order valence-corrected chi connectivity index (χ3v) is 2.80. The minimum atomic E-state index is -0.900. The first-order chi connectivity index (χ1) is 8.58. The van der Waals surface area contributed by atoms with Crippen molar-refractivity contribution in [3.05, 3.63) is 36.0 Å². The normalized spacial score (nSPS) is 11.3. The number of carbonyl (C=O) groups is 1. The molecule has 2 rings (SSSR count). The van der Waals surface area contributed by atoms with Crippen molar-refractivity contribution in [1.82, 2.24) is 4.57 Å². The van der Waals surface area contributed by atoms with Gasteiger partial charge in [-0.2, -0.15) is 0 Å². The third kappa shape index (κ3) is 2.71. The average Bonchev–Trinajstić information content (AvgIpc) is 2.71. The largest absolute Gasteiger partial charge is 0.478 e. The van der Waals surface area contributed by atoms with Crippen LogP contribution in [-0.2, 0) is 11.3 Å². The fourth-order valence-electron chi connectivity index (χ4n) is 1.90. The zero-order chi connectivity index (χ0) is 13.1. The molecule has 0 amide bonds. The molecule has 0 unspecified atom stereocenters. The second kappa shape index (κ2) is 5.23. The predicted octanol–water partition coefficient (Wildman–Crippen LogP) is 2.76. The Morgan fingerprint density at radius 3 is 2.83 bits per heavy atom. The smallest absolute Gasteiger partial charge is 0.335 e. The molecule has 1 aromatic heterocycles. The summed E-state index contributed by atoms with van der Waals surface area (Å²) in [6, 6.07) is 7.14. The minimum Gasteiger partial charge on any atom is -0.478 e. The van der Waals surface area contributed by atoms with Crippen LogP contribution in [0.25, 0.3) is 10.9 Å². The maximum absolute atomic E-state index is 10.9. The van der Waals surface area contributed by atoms with Gasteiger partial charge in [0.05, 0.1) is 18.3 Å². The topological polar surface area (TPSA) is 51.5 Å².